The highest BCUT2D eigenvalue weighted by molar-refractivity contribution is 7.80. The zero-order valence-electron chi connectivity index (χ0n) is 9.84. The first-order valence-corrected chi connectivity index (χ1v) is 6.52. The van der Waals surface area contributed by atoms with Crippen molar-refractivity contribution in [1.82, 2.24) is 5.32 Å². The summed E-state index contributed by atoms with van der Waals surface area (Å²) < 4.78 is 0. The molecule has 0 aromatic heterocycles. The Hall–Kier alpha value is -0.640. The van der Waals surface area contributed by atoms with Gasteiger partial charge in [-0.25, -0.2) is 0 Å². The minimum atomic E-state index is -0.504. The molecule has 90 valence electrons. The minimum absolute atomic E-state index is 0.0320. The van der Waals surface area contributed by atoms with Gasteiger partial charge in [-0.3, -0.25) is 4.79 Å². The van der Waals surface area contributed by atoms with E-state index in [0.717, 1.165) is 25.7 Å². The van der Waals surface area contributed by atoms with Crippen molar-refractivity contribution in [2.75, 3.05) is 0 Å². The van der Waals surface area contributed by atoms with Crippen LogP contribution < -0.4 is 11.1 Å². The third-order valence-electron chi connectivity index (χ3n) is 4.03. The van der Waals surface area contributed by atoms with Crippen LogP contribution in [0.4, 0.5) is 0 Å². The third-order valence-corrected chi connectivity index (χ3v) is 4.42. The second-order valence-electron chi connectivity index (χ2n) is 5.52. The van der Waals surface area contributed by atoms with Crippen LogP contribution in [-0.4, -0.2) is 16.4 Å². The summed E-state index contributed by atoms with van der Waals surface area (Å²) in [6.45, 7) is 2.14. The van der Waals surface area contributed by atoms with Crippen LogP contribution in [0.3, 0.4) is 0 Å². The average molecular weight is 240 g/mol. The van der Waals surface area contributed by atoms with E-state index < -0.39 is 5.41 Å². The monoisotopic (exact) mass is 240 g/mol. The number of carbonyl (C=O) groups is 1. The molecule has 0 atom stereocenters. The van der Waals surface area contributed by atoms with E-state index in [2.05, 4.69) is 12.2 Å². The van der Waals surface area contributed by atoms with Gasteiger partial charge in [0.05, 0.1) is 10.4 Å². The molecule has 3 N–H and O–H groups in total. The van der Waals surface area contributed by atoms with Crippen LogP contribution in [-0.2, 0) is 4.79 Å². The predicted molar refractivity (Wildman–Crippen MR) is 68.1 cm³/mol. The Bertz CT molecular complexity index is 317. The number of nitrogens with two attached hydrogens (primary N) is 1. The Morgan fingerprint density at radius 3 is 2.19 bits per heavy atom. The number of rotatable bonds is 3. The summed E-state index contributed by atoms with van der Waals surface area (Å²) in [5.74, 6) is 0.0596. The minimum Gasteiger partial charge on any atom is -0.392 e. The van der Waals surface area contributed by atoms with Crippen LogP contribution >= 0.6 is 12.2 Å². The van der Waals surface area contributed by atoms with Crippen molar-refractivity contribution in [3.8, 4) is 0 Å². The summed E-state index contributed by atoms with van der Waals surface area (Å²) >= 11 is 4.99. The molecule has 4 heteroatoms. The fourth-order valence-electron chi connectivity index (χ4n) is 2.56. The summed E-state index contributed by atoms with van der Waals surface area (Å²) in [6.07, 6.45) is 7.49. The maximum Gasteiger partial charge on any atom is 0.233 e. The molecule has 0 saturated heterocycles. The zero-order chi connectivity index (χ0) is 11.8. The van der Waals surface area contributed by atoms with E-state index in [4.69, 9.17) is 18.0 Å². The quantitative estimate of drug-likeness (QED) is 0.741. The standard InChI is InChI=1S/C12H20N2OS/c1-11(5-3-2-4-6-11)14-10(15)12(7-8-12)9(13)16/h2-8H2,1H3,(H2,13,16)(H,14,15). The smallest absolute Gasteiger partial charge is 0.233 e. The number of carbonyl (C=O) groups excluding carboxylic acids is 1. The lowest BCUT2D eigenvalue weighted by Gasteiger charge is -2.35. The number of nitrogens with one attached hydrogen (secondary N) is 1. The molecule has 0 bridgehead atoms. The number of hydrogen-bond donors (Lipinski definition) is 2. The molecule has 2 fully saturated rings. The highest BCUT2D eigenvalue weighted by Gasteiger charge is 2.53. The summed E-state index contributed by atoms with van der Waals surface area (Å²) in [6, 6.07) is 0. The lowest BCUT2D eigenvalue weighted by atomic mass is 9.83. The van der Waals surface area contributed by atoms with Crippen LogP contribution in [0.15, 0.2) is 0 Å². The molecule has 0 unspecified atom stereocenters. The van der Waals surface area contributed by atoms with Gasteiger partial charge in [0, 0.05) is 5.54 Å². The molecule has 2 aliphatic carbocycles. The average Bonchev–Trinajstić information content (AvgIpc) is 2.98. The Morgan fingerprint density at radius 2 is 1.75 bits per heavy atom. The number of amides is 1. The summed E-state index contributed by atoms with van der Waals surface area (Å²) in [7, 11) is 0. The molecule has 0 aromatic rings. The SMILES string of the molecule is CC1(NC(=O)C2(C(N)=S)CC2)CCCCC1. The number of hydrogen-bond acceptors (Lipinski definition) is 2. The fraction of sp³-hybridized carbons (Fsp3) is 0.833. The normalized spacial score (nSPS) is 25.8. The zero-order valence-corrected chi connectivity index (χ0v) is 10.7. The Morgan fingerprint density at radius 1 is 1.19 bits per heavy atom. The number of thiocarbonyl (C=S) groups is 1. The second kappa shape index (κ2) is 3.99. The first kappa shape index (κ1) is 11.8. The lowest BCUT2D eigenvalue weighted by Crippen LogP contribution is -2.52. The van der Waals surface area contributed by atoms with Crippen LogP contribution in [0.25, 0.3) is 0 Å². The first-order valence-electron chi connectivity index (χ1n) is 6.11. The Labute approximate surface area is 102 Å². The molecule has 0 heterocycles. The van der Waals surface area contributed by atoms with Gasteiger partial charge in [0.1, 0.15) is 0 Å². The Kier molecular flexibility index (Phi) is 2.95. The van der Waals surface area contributed by atoms with Crippen LogP contribution in [0.1, 0.15) is 51.9 Å². The van der Waals surface area contributed by atoms with Crippen molar-refractivity contribution < 1.29 is 4.79 Å². The lowest BCUT2D eigenvalue weighted by molar-refractivity contribution is -0.126. The third kappa shape index (κ3) is 2.08. The Balaban J connectivity index is 1.99. The van der Waals surface area contributed by atoms with Crippen molar-refractivity contribution in [3.05, 3.63) is 0 Å². The van der Waals surface area contributed by atoms with Gasteiger partial charge in [0.2, 0.25) is 5.91 Å². The molecule has 2 aliphatic rings. The molecule has 1 amide bonds. The first-order chi connectivity index (χ1) is 7.49. The summed E-state index contributed by atoms with van der Waals surface area (Å²) in [4.78, 5) is 12.5. The molecule has 3 nitrogen and oxygen atoms in total. The van der Waals surface area contributed by atoms with Crippen molar-refractivity contribution in [3.63, 3.8) is 0 Å². The van der Waals surface area contributed by atoms with E-state index in [1.54, 1.807) is 0 Å². The molecule has 0 aromatic carbocycles. The topological polar surface area (TPSA) is 55.1 Å². The molecule has 0 spiro atoms. The van der Waals surface area contributed by atoms with Crippen LogP contribution in [0, 0.1) is 5.41 Å². The largest absolute Gasteiger partial charge is 0.392 e. The van der Waals surface area contributed by atoms with Gasteiger partial charge in [-0.15, -0.1) is 0 Å². The van der Waals surface area contributed by atoms with Gasteiger partial charge in [-0.2, -0.15) is 0 Å². The van der Waals surface area contributed by atoms with Crippen molar-refractivity contribution >= 4 is 23.1 Å². The highest BCUT2D eigenvalue weighted by Crippen LogP contribution is 2.47. The molecule has 0 radical (unpaired) electrons. The maximum absolute atomic E-state index is 12.2. The van der Waals surface area contributed by atoms with E-state index >= 15 is 0 Å². The molecule has 2 rings (SSSR count). The van der Waals surface area contributed by atoms with Gasteiger partial charge < -0.3 is 11.1 Å². The van der Waals surface area contributed by atoms with Gasteiger partial charge in [-0.1, -0.05) is 31.5 Å². The predicted octanol–water partition coefficient (Wildman–Crippen LogP) is 1.89. The van der Waals surface area contributed by atoms with E-state index in [1.165, 1.54) is 19.3 Å². The fourth-order valence-corrected chi connectivity index (χ4v) is 2.86. The van der Waals surface area contributed by atoms with Crippen molar-refractivity contribution in [1.29, 1.82) is 0 Å². The molecule has 2 saturated carbocycles. The van der Waals surface area contributed by atoms with E-state index in [0.29, 0.717) is 4.99 Å². The highest BCUT2D eigenvalue weighted by atomic mass is 32.1. The van der Waals surface area contributed by atoms with Crippen LogP contribution in [0.5, 0.6) is 0 Å². The second-order valence-corrected chi connectivity index (χ2v) is 5.96. The van der Waals surface area contributed by atoms with Crippen molar-refractivity contribution in [2.45, 2.75) is 57.4 Å². The molecule has 0 aliphatic heterocycles. The molecule has 16 heavy (non-hydrogen) atoms. The van der Waals surface area contributed by atoms with E-state index in [9.17, 15) is 4.79 Å². The van der Waals surface area contributed by atoms with Gasteiger partial charge in [0.15, 0.2) is 0 Å². The van der Waals surface area contributed by atoms with Gasteiger partial charge >= 0.3 is 0 Å². The van der Waals surface area contributed by atoms with Crippen LogP contribution in [0.2, 0.25) is 0 Å². The van der Waals surface area contributed by atoms with Gasteiger partial charge in [-0.05, 0) is 32.6 Å². The van der Waals surface area contributed by atoms with E-state index in [1.807, 2.05) is 0 Å². The van der Waals surface area contributed by atoms with Gasteiger partial charge in [0.25, 0.3) is 0 Å². The molecular weight excluding hydrogens is 220 g/mol. The summed E-state index contributed by atoms with van der Waals surface area (Å²) in [5, 5.41) is 3.17. The maximum atomic E-state index is 12.2. The summed E-state index contributed by atoms with van der Waals surface area (Å²) in [5.41, 5.74) is 5.12. The van der Waals surface area contributed by atoms with E-state index in [-0.39, 0.29) is 11.4 Å². The molecular formula is C12H20N2OS. The van der Waals surface area contributed by atoms with Crippen molar-refractivity contribution in [2.24, 2.45) is 11.1 Å².